The lowest BCUT2D eigenvalue weighted by Gasteiger charge is -2.07. The Balaban J connectivity index is 1.85. The molecule has 1 rings (SSSR count). The number of rotatable bonds is 21. The summed E-state index contributed by atoms with van der Waals surface area (Å²) in [6.07, 6.45) is 26.4. The predicted molar refractivity (Wildman–Crippen MR) is 133 cm³/mol. The molecule has 31 heavy (non-hydrogen) atoms. The van der Waals surface area contributed by atoms with Crippen molar-refractivity contribution in [1.29, 1.82) is 0 Å². The second kappa shape index (κ2) is 18.7. The van der Waals surface area contributed by atoms with Crippen molar-refractivity contribution in [3.05, 3.63) is 29.8 Å². The molecule has 0 spiro atoms. The molecule has 1 aromatic rings. The summed E-state index contributed by atoms with van der Waals surface area (Å²) in [7, 11) is -4.11. The van der Waals surface area contributed by atoms with Crippen LogP contribution >= 0.6 is 0 Å². The van der Waals surface area contributed by atoms with Crippen LogP contribution in [0, 0.1) is 0 Å². The third kappa shape index (κ3) is 15.6. The van der Waals surface area contributed by atoms with E-state index in [1.807, 2.05) is 6.07 Å². The molecular weight excluding hydrogens is 404 g/mol. The van der Waals surface area contributed by atoms with Gasteiger partial charge >= 0.3 is 0 Å². The van der Waals surface area contributed by atoms with E-state index in [4.69, 9.17) is 0 Å². The van der Waals surface area contributed by atoms with Gasteiger partial charge in [0.15, 0.2) is 0 Å². The van der Waals surface area contributed by atoms with E-state index in [1.165, 1.54) is 115 Å². The molecule has 0 aliphatic carbocycles. The standard InChI is InChI=1S/C27H48O3S/c1-2-3-4-5-6-7-8-9-10-11-12-13-14-15-16-17-18-19-20-23-26-24-21-22-25-27(26)31(28,29)30/h21-22,24-25H,2-20,23H2,1H3,(H,28,29,30). The molecule has 1 aromatic carbocycles. The van der Waals surface area contributed by atoms with E-state index < -0.39 is 10.1 Å². The highest BCUT2D eigenvalue weighted by Gasteiger charge is 2.13. The van der Waals surface area contributed by atoms with Gasteiger partial charge in [-0.1, -0.05) is 141 Å². The number of hydrogen-bond acceptors (Lipinski definition) is 2. The molecule has 0 heterocycles. The van der Waals surface area contributed by atoms with Crippen LogP contribution in [0.4, 0.5) is 0 Å². The second-order valence-electron chi connectivity index (χ2n) is 9.20. The maximum atomic E-state index is 11.4. The molecule has 180 valence electrons. The maximum Gasteiger partial charge on any atom is 0.294 e. The minimum atomic E-state index is -4.11. The van der Waals surface area contributed by atoms with Crippen LogP contribution in [0.15, 0.2) is 29.2 Å². The van der Waals surface area contributed by atoms with Gasteiger partial charge in [-0.3, -0.25) is 4.55 Å². The third-order valence-electron chi connectivity index (χ3n) is 6.30. The van der Waals surface area contributed by atoms with Gasteiger partial charge in [-0.2, -0.15) is 8.42 Å². The average molecular weight is 453 g/mol. The largest absolute Gasteiger partial charge is 0.294 e. The van der Waals surface area contributed by atoms with Gasteiger partial charge in [0.25, 0.3) is 10.1 Å². The van der Waals surface area contributed by atoms with Crippen molar-refractivity contribution in [2.45, 2.75) is 140 Å². The smallest absolute Gasteiger partial charge is 0.282 e. The lowest BCUT2D eigenvalue weighted by atomic mass is 10.0. The fourth-order valence-electron chi connectivity index (χ4n) is 4.36. The van der Waals surface area contributed by atoms with Gasteiger partial charge in [0.1, 0.15) is 0 Å². The zero-order chi connectivity index (χ0) is 22.6. The van der Waals surface area contributed by atoms with E-state index in [2.05, 4.69) is 6.92 Å². The van der Waals surface area contributed by atoms with Gasteiger partial charge in [-0.05, 0) is 24.5 Å². The highest BCUT2D eigenvalue weighted by atomic mass is 32.2. The van der Waals surface area contributed by atoms with Gasteiger partial charge in [-0.15, -0.1) is 0 Å². The first-order valence-electron chi connectivity index (χ1n) is 13.1. The second-order valence-corrected chi connectivity index (χ2v) is 10.6. The molecule has 0 atom stereocenters. The molecule has 0 bridgehead atoms. The lowest BCUT2D eigenvalue weighted by molar-refractivity contribution is 0.481. The van der Waals surface area contributed by atoms with E-state index in [9.17, 15) is 13.0 Å². The van der Waals surface area contributed by atoms with Crippen molar-refractivity contribution in [2.24, 2.45) is 0 Å². The van der Waals surface area contributed by atoms with Crippen LogP contribution in [0.25, 0.3) is 0 Å². The summed E-state index contributed by atoms with van der Waals surface area (Å²) < 4.78 is 32.1. The molecule has 0 aliphatic rings. The summed E-state index contributed by atoms with van der Waals surface area (Å²) in [5, 5.41) is 0. The molecule has 0 fully saturated rings. The van der Waals surface area contributed by atoms with E-state index in [0.29, 0.717) is 0 Å². The van der Waals surface area contributed by atoms with Crippen molar-refractivity contribution >= 4 is 10.1 Å². The lowest BCUT2D eigenvalue weighted by Crippen LogP contribution is -2.03. The van der Waals surface area contributed by atoms with Gasteiger partial charge in [-0.25, -0.2) is 0 Å². The molecule has 3 nitrogen and oxygen atoms in total. The van der Waals surface area contributed by atoms with E-state index in [-0.39, 0.29) is 4.90 Å². The summed E-state index contributed by atoms with van der Waals surface area (Å²) in [6.45, 7) is 2.28. The first-order valence-corrected chi connectivity index (χ1v) is 14.5. The molecule has 4 heteroatoms. The molecule has 0 unspecified atom stereocenters. The quantitative estimate of drug-likeness (QED) is 0.150. The Labute approximate surface area is 193 Å². The zero-order valence-electron chi connectivity index (χ0n) is 20.1. The highest BCUT2D eigenvalue weighted by molar-refractivity contribution is 7.85. The SMILES string of the molecule is CCCCCCCCCCCCCCCCCCCCCc1ccccc1S(=O)(=O)O. The van der Waals surface area contributed by atoms with Crippen LogP contribution < -0.4 is 0 Å². The Bertz CT molecular complexity index is 640. The number of aryl methyl sites for hydroxylation is 1. The van der Waals surface area contributed by atoms with Crippen LogP contribution in [0.2, 0.25) is 0 Å². The zero-order valence-corrected chi connectivity index (χ0v) is 20.9. The number of unbranched alkanes of at least 4 members (excludes halogenated alkanes) is 18. The molecule has 0 radical (unpaired) electrons. The highest BCUT2D eigenvalue weighted by Crippen LogP contribution is 2.19. The van der Waals surface area contributed by atoms with Crippen molar-refractivity contribution in [3.63, 3.8) is 0 Å². The van der Waals surface area contributed by atoms with Crippen LogP contribution in [0.5, 0.6) is 0 Å². The van der Waals surface area contributed by atoms with Gasteiger partial charge < -0.3 is 0 Å². The topological polar surface area (TPSA) is 54.4 Å². The Morgan fingerprint density at radius 1 is 0.581 bits per heavy atom. The monoisotopic (exact) mass is 452 g/mol. The predicted octanol–water partition coefficient (Wildman–Crippen LogP) is 8.91. The fraction of sp³-hybridized carbons (Fsp3) is 0.778. The van der Waals surface area contributed by atoms with E-state index >= 15 is 0 Å². The van der Waals surface area contributed by atoms with Crippen LogP contribution in [-0.4, -0.2) is 13.0 Å². The summed E-state index contributed by atoms with van der Waals surface area (Å²) in [5.41, 5.74) is 0.733. The summed E-state index contributed by atoms with van der Waals surface area (Å²) >= 11 is 0. The van der Waals surface area contributed by atoms with Crippen molar-refractivity contribution in [3.8, 4) is 0 Å². The first kappa shape index (κ1) is 28.2. The summed E-state index contributed by atoms with van der Waals surface area (Å²) in [5.74, 6) is 0. The molecule has 0 amide bonds. The Hall–Kier alpha value is -0.870. The molecule has 1 N–H and O–H groups in total. The molecule has 0 saturated carbocycles. The Morgan fingerprint density at radius 3 is 1.32 bits per heavy atom. The van der Waals surface area contributed by atoms with Crippen molar-refractivity contribution in [1.82, 2.24) is 0 Å². The molecule has 0 aliphatic heterocycles. The summed E-state index contributed by atoms with van der Waals surface area (Å²) in [4.78, 5) is 0.0670. The van der Waals surface area contributed by atoms with Gasteiger partial charge in [0.05, 0.1) is 4.90 Å². The third-order valence-corrected chi connectivity index (χ3v) is 7.25. The normalized spacial score (nSPS) is 11.8. The van der Waals surface area contributed by atoms with E-state index in [1.54, 1.807) is 12.1 Å². The minimum Gasteiger partial charge on any atom is -0.282 e. The number of benzene rings is 1. The van der Waals surface area contributed by atoms with Crippen LogP contribution in [0.1, 0.15) is 134 Å². The fourth-order valence-corrected chi connectivity index (χ4v) is 5.11. The van der Waals surface area contributed by atoms with Crippen molar-refractivity contribution < 1.29 is 13.0 Å². The Morgan fingerprint density at radius 2 is 0.935 bits per heavy atom. The maximum absolute atomic E-state index is 11.4. The molecule has 0 aromatic heterocycles. The molecule has 0 saturated heterocycles. The van der Waals surface area contributed by atoms with Crippen molar-refractivity contribution in [2.75, 3.05) is 0 Å². The van der Waals surface area contributed by atoms with Gasteiger partial charge in [0, 0.05) is 0 Å². The summed E-state index contributed by atoms with van der Waals surface area (Å²) in [6, 6.07) is 6.78. The van der Waals surface area contributed by atoms with Crippen LogP contribution in [0.3, 0.4) is 0 Å². The van der Waals surface area contributed by atoms with E-state index in [0.717, 1.165) is 24.8 Å². The Kier molecular flexibility index (Phi) is 17.0. The average Bonchev–Trinajstić information content (AvgIpc) is 2.75. The van der Waals surface area contributed by atoms with Gasteiger partial charge in [0.2, 0.25) is 0 Å². The molecular formula is C27H48O3S. The number of hydrogen-bond donors (Lipinski definition) is 1. The van der Waals surface area contributed by atoms with Crippen LogP contribution in [-0.2, 0) is 16.5 Å². The minimum absolute atomic E-state index is 0.0670. The first-order chi connectivity index (χ1) is 15.1.